The highest BCUT2D eigenvalue weighted by atomic mass is 35.5. The molecule has 1 N–H and O–H groups in total. The van der Waals surface area contributed by atoms with Gasteiger partial charge in [-0.3, -0.25) is 0 Å². The van der Waals surface area contributed by atoms with Crippen molar-refractivity contribution in [3.05, 3.63) is 82.3 Å². The summed E-state index contributed by atoms with van der Waals surface area (Å²) in [7, 11) is 0. The fourth-order valence-corrected chi connectivity index (χ4v) is 6.19. The highest BCUT2D eigenvalue weighted by molar-refractivity contribution is 7.99. The Morgan fingerprint density at radius 3 is 2.24 bits per heavy atom. The molecule has 1 fully saturated rings. The average Bonchev–Trinajstić information content (AvgIpc) is 2.80. The molecule has 0 bridgehead atoms. The fraction of sp³-hybridized carbons (Fsp3) is 0.308. The van der Waals surface area contributed by atoms with Gasteiger partial charge in [0.15, 0.2) is 0 Å². The number of piperidine rings is 1. The molecule has 5 rings (SSSR count). The molecule has 2 heterocycles. The first-order valence-corrected chi connectivity index (χ1v) is 12.6. The second-order valence-electron chi connectivity index (χ2n) is 8.57. The molecule has 0 amide bonds. The van der Waals surface area contributed by atoms with Crippen LogP contribution in [0.25, 0.3) is 0 Å². The Kier molecular flexibility index (Phi) is 7.84. The number of likely N-dealkylation sites (tertiary alicyclic amines) is 1. The lowest BCUT2D eigenvalue weighted by molar-refractivity contribution is -0.0258. The van der Waals surface area contributed by atoms with Crippen molar-refractivity contribution < 1.29 is 5.11 Å². The third-order valence-corrected chi connectivity index (χ3v) is 8.11. The van der Waals surface area contributed by atoms with Gasteiger partial charge in [0.2, 0.25) is 0 Å². The topological polar surface area (TPSA) is 26.7 Å². The summed E-state index contributed by atoms with van der Waals surface area (Å²) in [4.78, 5) is 7.37. The van der Waals surface area contributed by atoms with Crippen LogP contribution in [-0.2, 0) is 5.60 Å². The number of benzene rings is 3. The van der Waals surface area contributed by atoms with Gasteiger partial charge >= 0.3 is 0 Å². The maximum Gasteiger partial charge on any atom is 0.0920 e. The predicted molar refractivity (Wildman–Crippen MR) is 142 cm³/mol. The molecule has 0 spiro atoms. The maximum atomic E-state index is 11.1. The van der Waals surface area contributed by atoms with E-state index in [1.165, 1.54) is 21.2 Å². The van der Waals surface area contributed by atoms with Crippen LogP contribution in [0.1, 0.15) is 24.8 Å². The van der Waals surface area contributed by atoms with E-state index >= 15 is 0 Å². The lowest BCUT2D eigenvalue weighted by Gasteiger charge is -2.39. The smallest absolute Gasteiger partial charge is 0.0920 e. The van der Waals surface area contributed by atoms with Gasteiger partial charge in [-0.05, 0) is 73.8 Å². The third kappa shape index (κ3) is 5.32. The summed E-state index contributed by atoms with van der Waals surface area (Å²) in [6.45, 7) is 3.77. The molecule has 3 aromatic carbocycles. The van der Waals surface area contributed by atoms with Gasteiger partial charge in [0, 0.05) is 39.5 Å². The highest BCUT2D eigenvalue weighted by Gasteiger charge is 2.33. The number of nitrogens with zero attached hydrogens (tertiary/aromatic N) is 2. The van der Waals surface area contributed by atoms with Gasteiger partial charge in [-0.2, -0.15) is 0 Å². The lowest BCUT2D eigenvalue weighted by atomic mass is 9.84. The SMILES string of the molecule is Cl.OC1(c2ccc(Cl)cc2)CCN(CCCN2c3ccccc3Sc3cc(Cl)ccc32)CC1. The number of hydrogen-bond acceptors (Lipinski definition) is 4. The minimum absolute atomic E-state index is 0. The van der Waals surface area contributed by atoms with Crippen LogP contribution in [0.4, 0.5) is 11.4 Å². The molecule has 7 heteroatoms. The molecule has 0 radical (unpaired) electrons. The van der Waals surface area contributed by atoms with E-state index in [-0.39, 0.29) is 12.4 Å². The Labute approximate surface area is 216 Å². The van der Waals surface area contributed by atoms with Crippen molar-refractivity contribution in [2.24, 2.45) is 0 Å². The fourth-order valence-electron chi connectivity index (χ4n) is 4.70. The molecule has 0 saturated carbocycles. The first kappa shape index (κ1) is 24.7. The van der Waals surface area contributed by atoms with Crippen LogP contribution < -0.4 is 4.90 Å². The molecule has 2 aliphatic rings. The van der Waals surface area contributed by atoms with Crippen LogP contribution in [0.2, 0.25) is 10.0 Å². The summed E-state index contributed by atoms with van der Waals surface area (Å²) < 4.78 is 0. The summed E-state index contributed by atoms with van der Waals surface area (Å²) in [6.07, 6.45) is 2.55. The Balaban J connectivity index is 0.00000259. The summed E-state index contributed by atoms with van der Waals surface area (Å²) in [5.74, 6) is 0. The Morgan fingerprint density at radius 1 is 0.818 bits per heavy atom. The van der Waals surface area contributed by atoms with E-state index in [0.29, 0.717) is 5.02 Å². The van der Waals surface area contributed by atoms with Crippen LogP contribution in [-0.4, -0.2) is 36.2 Å². The zero-order valence-corrected chi connectivity index (χ0v) is 21.4. The first-order chi connectivity index (χ1) is 15.5. The van der Waals surface area contributed by atoms with Crippen molar-refractivity contribution in [2.45, 2.75) is 34.7 Å². The van der Waals surface area contributed by atoms with Crippen molar-refractivity contribution in [2.75, 3.05) is 31.1 Å². The number of fused-ring (bicyclic) bond motifs is 2. The van der Waals surface area contributed by atoms with E-state index in [4.69, 9.17) is 23.2 Å². The predicted octanol–water partition coefficient (Wildman–Crippen LogP) is 7.39. The van der Waals surface area contributed by atoms with Gasteiger partial charge in [0.25, 0.3) is 0 Å². The Morgan fingerprint density at radius 2 is 1.48 bits per heavy atom. The molecule has 0 unspecified atom stereocenters. The molecular formula is C26H27Cl3N2OS. The van der Waals surface area contributed by atoms with Gasteiger partial charge in [-0.1, -0.05) is 59.2 Å². The van der Waals surface area contributed by atoms with Gasteiger partial charge in [-0.15, -0.1) is 12.4 Å². The van der Waals surface area contributed by atoms with Gasteiger partial charge in [0.1, 0.15) is 0 Å². The van der Waals surface area contributed by atoms with E-state index < -0.39 is 5.60 Å². The second-order valence-corrected chi connectivity index (χ2v) is 10.5. The molecule has 3 aromatic rings. The maximum absolute atomic E-state index is 11.1. The van der Waals surface area contributed by atoms with E-state index in [1.54, 1.807) is 11.8 Å². The summed E-state index contributed by atoms with van der Waals surface area (Å²) in [6, 6.07) is 22.4. The van der Waals surface area contributed by atoms with Crippen molar-refractivity contribution in [3.63, 3.8) is 0 Å². The van der Waals surface area contributed by atoms with Crippen LogP contribution >= 0.6 is 47.4 Å². The summed E-state index contributed by atoms with van der Waals surface area (Å²) in [5, 5.41) is 12.6. The third-order valence-electron chi connectivity index (χ3n) is 6.51. The molecular weight excluding hydrogens is 495 g/mol. The van der Waals surface area contributed by atoms with Crippen LogP contribution in [0.15, 0.2) is 76.5 Å². The van der Waals surface area contributed by atoms with Crippen LogP contribution in [0.5, 0.6) is 0 Å². The van der Waals surface area contributed by atoms with Gasteiger partial charge in [-0.25, -0.2) is 0 Å². The van der Waals surface area contributed by atoms with Gasteiger partial charge < -0.3 is 14.9 Å². The average molecular weight is 522 g/mol. The van der Waals surface area contributed by atoms with Crippen molar-refractivity contribution in [3.8, 4) is 0 Å². The van der Waals surface area contributed by atoms with Gasteiger partial charge in [0.05, 0.1) is 17.0 Å². The van der Waals surface area contributed by atoms with E-state index in [1.807, 2.05) is 30.3 Å². The summed E-state index contributed by atoms with van der Waals surface area (Å²) >= 11 is 14.1. The number of aliphatic hydroxyl groups is 1. The first-order valence-electron chi connectivity index (χ1n) is 11.1. The lowest BCUT2D eigenvalue weighted by Crippen LogP contribution is -2.43. The zero-order valence-electron chi connectivity index (χ0n) is 18.2. The monoisotopic (exact) mass is 520 g/mol. The number of halogens is 3. The largest absolute Gasteiger partial charge is 0.385 e. The zero-order chi connectivity index (χ0) is 22.1. The molecule has 1 saturated heterocycles. The van der Waals surface area contributed by atoms with Crippen molar-refractivity contribution in [1.29, 1.82) is 0 Å². The Bertz CT molecular complexity index is 1100. The van der Waals surface area contributed by atoms with Crippen LogP contribution in [0.3, 0.4) is 0 Å². The standard InChI is InChI=1S/C26H26Cl2N2OS.ClH/c27-20-8-6-19(7-9-20)26(31)12-16-29(17-13-26)14-3-15-30-22-4-1-2-5-24(22)32-25-18-21(28)10-11-23(25)30;/h1-2,4-11,18,31H,3,12-17H2;1H. The number of anilines is 2. The Hall–Kier alpha value is -1.40. The number of para-hydroxylation sites is 1. The van der Waals surface area contributed by atoms with E-state index in [0.717, 1.165) is 56.0 Å². The molecule has 2 aliphatic heterocycles. The number of rotatable bonds is 5. The highest BCUT2D eigenvalue weighted by Crippen LogP contribution is 2.48. The molecule has 0 atom stereocenters. The van der Waals surface area contributed by atoms with Crippen molar-refractivity contribution in [1.82, 2.24) is 4.90 Å². The molecule has 0 aliphatic carbocycles. The molecule has 3 nitrogen and oxygen atoms in total. The minimum Gasteiger partial charge on any atom is -0.385 e. The summed E-state index contributed by atoms with van der Waals surface area (Å²) in [5.41, 5.74) is 2.72. The normalized spacial score (nSPS) is 17.1. The second kappa shape index (κ2) is 10.5. The molecule has 33 heavy (non-hydrogen) atoms. The number of hydrogen-bond donors (Lipinski definition) is 1. The minimum atomic E-state index is -0.748. The van der Waals surface area contributed by atoms with E-state index in [2.05, 4.69) is 46.2 Å². The van der Waals surface area contributed by atoms with Crippen molar-refractivity contribution >= 4 is 58.7 Å². The molecule has 174 valence electrons. The van der Waals surface area contributed by atoms with Crippen LogP contribution in [0, 0.1) is 0 Å². The molecule has 0 aromatic heterocycles. The van der Waals surface area contributed by atoms with E-state index in [9.17, 15) is 5.11 Å². The quantitative estimate of drug-likeness (QED) is 0.378.